The number of aromatic nitrogens is 1. The maximum absolute atomic E-state index is 5.64. The van der Waals surface area contributed by atoms with Crippen molar-refractivity contribution in [2.75, 3.05) is 0 Å². The standard InChI is InChI=1S/C11H10BrNOS/c1-8-4-9(2-3-11(8)12)14-6-10-5-13-7-15-10/h2-5,7H,6H2,1H3. The van der Waals surface area contributed by atoms with Crippen LogP contribution in [0, 0.1) is 6.92 Å². The molecule has 0 aliphatic carbocycles. The molecule has 1 aromatic carbocycles. The number of nitrogens with zero attached hydrogens (tertiary/aromatic N) is 1. The van der Waals surface area contributed by atoms with Crippen molar-refractivity contribution in [1.29, 1.82) is 0 Å². The highest BCUT2D eigenvalue weighted by molar-refractivity contribution is 9.10. The van der Waals surface area contributed by atoms with E-state index in [2.05, 4.69) is 20.9 Å². The van der Waals surface area contributed by atoms with Gasteiger partial charge in [-0.25, -0.2) is 0 Å². The Labute approximate surface area is 101 Å². The smallest absolute Gasteiger partial charge is 0.124 e. The highest BCUT2D eigenvalue weighted by atomic mass is 79.9. The Kier molecular flexibility index (Phi) is 3.38. The second-order valence-electron chi connectivity index (χ2n) is 3.17. The van der Waals surface area contributed by atoms with Crippen LogP contribution in [0.3, 0.4) is 0 Å². The van der Waals surface area contributed by atoms with Gasteiger partial charge in [0, 0.05) is 10.7 Å². The highest BCUT2D eigenvalue weighted by Gasteiger charge is 1.99. The van der Waals surface area contributed by atoms with Gasteiger partial charge in [0.2, 0.25) is 0 Å². The van der Waals surface area contributed by atoms with Crippen molar-refractivity contribution in [2.45, 2.75) is 13.5 Å². The summed E-state index contributed by atoms with van der Waals surface area (Å²) in [5.74, 6) is 0.893. The fourth-order valence-corrected chi connectivity index (χ4v) is 1.93. The molecule has 78 valence electrons. The zero-order valence-corrected chi connectivity index (χ0v) is 10.6. The minimum atomic E-state index is 0.589. The van der Waals surface area contributed by atoms with Crippen LogP contribution < -0.4 is 4.74 Å². The topological polar surface area (TPSA) is 22.1 Å². The molecule has 1 heterocycles. The molecule has 0 aliphatic rings. The summed E-state index contributed by atoms with van der Waals surface area (Å²) in [5.41, 5.74) is 2.99. The second-order valence-corrected chi connectivity index (χ2v) is 4.99. The van der Waals surface area contributed by atoms with Crippen molar-refractivity contribution >= 4 is 27.3 Å². The summed E-state index contributed by atoms with van der Waals surface area (Å²) in [6.07, 6.45) is 1.83. The van der Waals surface area contributed by atoms with Gasteiger partial charge in [0.05, 0.1) is 10.4 Å². The van der Waals surface area contributed by atoms with Gasteiger partial charge in [0.15, 0.2) is 0 Å². The molecule has 0 aliphatic heterocycles. The Morgan fingerprint density at radius 2 is 2.33 bits per heavy atom. The predicted molar refractivity (Wildman–Crippen MR) is 65.3 cm³/mol. The highest BCUT2D eigenvalue weighted by Crippen LogP contribution is 2.22. The molecule has 0 saturated heterocycles. The van der Waals surface area contributed by atoms with Crippen LogP contribution in [0.5, 0.6) is 5.75 Å². The summed E-state index contributed by atoms with van der Waals surface area (Å²) in [7, 11) is 0. The van der Waals surface area contributed by atoms with Gasteiger partial charge >= 0.3 is 0 Å². The summed E-state index contributed by atoms with van der Waals surface area (Å²) >= 11 is 5.06. The van der Waals surface area contributed by atoms with Crippen LogP contribution in [0.2, 0.25) is 0 Å². The first-order valence-electron chi connectivity index (χ1n) is 4.52. The fourth-order valence-electron chi connectivity index (χ4n) is 1.17. The number of aryl methyl sites for hydroxylation is 1. The number of hydrogen-bond acceptors (Lipinski definition) is 3. The minimum absolute atomic E-state index is 0.589. The average Bonchev–Trinajstić information content (AvgIpc) is 2.73. The van der Waals surface area contributed by atoms with E-state index in [-0.39, 0.29) is 0 Å². The van der Waals surface area contributed by atoms with Crippen molar-refractivity contribution in [2.24, 2.45) is 0 Å². The van der Waals surface area contributed by atoms with E-state index < -0.39 is 0 Å². The van der Waals surface area contributed by atoms with E-state index in [4.69, 9.17) is 4.74 Å². The quantitative estimate of drug-likeness (QED) is 0.855. The lowest BCUT2D eigenvalue weighted by atomic mass is 10.2. The van der Waals surface area contributed by atoms with Gasteiger partial charge < -0.3 is 4.74 Å². The van der Waals surface area contributed by atoms with Gasteiger partial charge in [-0.1, -0.05) is 15.9 Å². The fraction of sp³-hybridized carbons (Fsp3) is 0.182. The summed E-state index contributed by atoms with van der Waals surface area (Å²) in [5, 5.41) is 0. The van der Waals surface area contributed by atoms with E-state index in [0.717, 1.165) is 15.1 Å². The largest absolute Gasteiger partial charge is 0.488 e. The van der Waals surface area contributed by atoms with E-state index in [1.807, 2.05) is 36.8 Å². The van der Waals surface area contributed by atoms with Crippen LogP contribution in [0.1, 0.15) is 10.4 Å². The third-order valence-electron chi connectivity index (χ3n) is 1.99. The van der Waals surface area contributed by atoms with E-state index in [1.165, 1.54) is 5.56 Å². The van der Waals surface area contributed by atoms with Crippen LogP contribution in [-0.2, 0) is 6.61 Å². The molecule has 0 fully saturated rings. The predicted octanol–water partition coefficient (Wildman–Crippen LogP) is 3.79. The van der Waals surface area contributed by atoms with Gasteiger partial charge in [-0.2, -0.15) is 0 Å². The van der Waals surface area contributed by atoms with E-state index >= 15 is 0 Å². The monoisotopic (exact) mass is 283 g/mol. The molecular weight excluding hydrogens is 274 g/mol. The Balaban J connectivity index is 2.02. The molecule has 0 saturated carbocycles. The molecule has 2 rings (SSSR count). The number of hydrogen-bond donors (Lipinski definition) is 0. The maximum atomic E-state index is 5.64. The molecule has 0 radical (unpaired) electrons. The van der Waals surface area contributed by atoms with E-state index in [0.29, 0.717) is 6.61 Å². The first kappa shape index (κ1) is 10.6. The van der Waals surface area contributed by atoms with Crippen molar-refractivity contribution in [1.82, 2.24) is 4.98 Å². The van der Waals surface area contributed by atoms with Crippen LogP contribution >= 0.6 is 27.3 Å². The Morgan fingerprint density at radius 1 is 1.47 bits per heavy atom. The van der Waals surface area contributed by atoms with Crippen molar-refractivity contribution in [3.05, 3.63) is 44.8 Å². The normalized spacial score (nSPS) is 10.3. The average molecular weight is 284 g/mol. The van der Waals surface area contributed by atoms with Crippen LogP contribution in [0.4, 0.5) is 0 Å². The molecule has 0 spiro atoms. The molecule has 2 nitrogen and oxygen atoms in total. The number of rotatable bonds is 3. The summed E-state index contributed by atoms with van der Waals surface area (Å²) in [4.78, 5) is 5.13. The van der Waals surface area contributed by atoms with Gasteiger partial charge in [-0.05, 0) is 30.7 Å². The summed E-state index contributed by atoms with van der Waals surface area (Å²) < 4.78 is 6.74. The van der Waals surface area contributed by atoms with Crippen molar-refractivity contribution < 1.29 is 4.74 Å². The molecule has 0 amide bonds. The molecule has 15 heavy (non-hydrogen) atoms. The maximum Gasteiger partial charge on any atom is 0.124 e. The van der Waals surface area contributed by atoms with Crippen LogP contribution in [0.15, 0.2) is 34.4 Å². The third-order valence-corrected chi connectivity index (χ3v) is 3.64. The molecule has 0 atom stereocenters. The van der Waals surface area contributed by atoms with Gasteiger partial charge in [-0.3, -0.25) is 4.98 Å². The van der Waals surface area contributed by atoms with Gasteiger partial charge in [-0.15, -0.1) is 11.3 Å². The lowest BCUT2D eigenvalue weighted by molar-refractivity contribution is 0.309. The van der Waals surface area contributed by atoms with Crippen LogP contribution in [0.25, 0.3) is 0 Å². The summed E-state index contributed by atoms with van der Waals surface area (Å²) in [6, 6.07) is 5.97. The number of ether oxygens (including phenoxy) is 1. The Bertz CT molecular complexity index is 442. The molecule has 0 unspecified atom stereocenters. The first-order chi connectivity index (χ1) is 7.25. The molecule has 4 heteroatoms. The Hall–Kier alpha value is -0.870. The Morgan fingerprint density at radius 3 is 3.00 bits per heavy atom. The summed E-state index contributed by atoms with van der Waals surface area (Å²) in [6.45, 7) is 2.63. The zero-order chi connectivity index (χ0) is 10.7. The lowest BCUT2D eigenvalue weighted by Gasteiger charge is -2.06. The van der Waals surface area contributed by atoms with Gasteiger partial charge in [0.1, 0.15) is 12.4 Å². The number of benzene rings is 1. The first-order valence-corrected chi connectivity index (χ1v) is 6.19. The van der Waals surface area contributed by atoms with Crippen molar-refractivity contribution in [3.63, 3.8) is 0 Å². The zero-order valence-electron chi connectivity index (χ0n) is 8.24. The molecule has 0 bridgehead atoms. The van der Waals surface area contributed by atoms with Crippen molar-refractivity contribution in [3.8, 4) is 5.75 Å². The van der Waals surface area contributed by atoms with Crippen LogP contribution in [-0.4, -0.2) is 4.98 Å². The number of halogens is 1. The van der Waals surface area contributed by atoms with E-state index in [1.54, 1.807) is 11.3 Å². The molecule has 2 aromatic rings. The second kappa shape index (κ2) is 4.77. The minimum Gasteiger partial charge on any atom is -0.488 e. The van der Waals surface area contributed by atoms with E-state index in [9.17, 15) is 0 Å². The molecular formula is C11H10BrNOS. The SMILES string of the molecule is Cc1cc(OCc2cncs2)ccc1Br. The third kappa shape index (κ3) is 2.79. The molecule has 0 N–H and O–H groups in total. The number of thiazole rings is 1. The van der Waals surface area contributed by atoms with Gasteiger partial charge in [0.25, 0.3) is 0 Å². The molecule has 1 aromatic heterocycles. The lowest BCUT2D eigenvalue weighted by Crippen LogP contribution is -1.93.